The average molecular weight is 548 g/mol. The normalized spacial score (nSPS) is 17.6. The monoisotopic (exact) mass is 547 g/mol. The predicted octanol–water partition coefficient (Wildman–Crippen LogP) is 3.11. The number of carbonyl (C=O) groups excluding carboxylic acids is 1. The quantitative estimate of drug-likeness (QED) is 0.385. The van der Waals surface area contributed by atoms with Crippen molar-refractivity contribution >= 4 is 27.0 Å². The van der Waals surface area contributed by atoms with Crippen LogP contribution in [0.1, 0.15) is 51.9 Å². The Hall–Kier alpha value is -3.65. The number of hydrogen-bond donors (Lipinski definition) is 2. The van der Waals surface area contributed by atoms with Gasteiger partial charge in [0.2, 0.25) is 10.0 Å². The van der Waals surface area contributed by atoms with Crippen LogP contribution in [0.4, 0.5) is 13.2 Å². The zero-order chi connectivity index (χ0) is 27.0. The molecule has 3 aromatic heterocycles. The molecule has 1 aliphatic carbocycles. The molecule has 200 valence electrons. The highest BCUT2D eigenvalue weighted by Crippen LogP contribution is 2.39. The van der Waals surface area contributed by atoms with Crippen molar-refractivity contribution in [3.8, 4) is 0 Å². The number of amides is 1. The van der Waals surface area contributed by atoms with Crippen LogP contribution in [0.25, 0.3) is 11.0 Å². The second-order valence-corrected chi connectivity index (χ2v) is 11.7. The maximum Gasteiger partial charge on any atom is 0.302 e. The molecule has 1 aliphatic heterocycles. The molecule has 14 heteroatoms. The summed E-state index contributed by atoms with van der Waals surface area (Å²) in [5.74, 6) is -4.57. The number of benzene rings is 1. The van der Waals surface area contributed by atoms with Crippen molar-refractivity contribution in [2.45, 2.75) is 49.7 Å². The molecule has 1 amide bonds. The molecular weight excluding hydrogens is 523 g/mol. The van der Waals surface area contributed by atoms with Crippen LogP contribution in [-0.4, -0.2) is 49.5 Å². The number of aromatic amines is 1. The first kappa shape index (κ1) is 24.7. The average Bonchev–Trinajstić information content (AvgIpc) is 3.28. The lowest BCUT2D eigenvalue weighted by Crippen LogP contribution is -2.43. The predicted molar refractivity (Wildman–Crippen MR) is 129 cm³/mol. The molecular formula is C24H24F3N7O3S. The van der Waals surface area contributed by atoms with E-state index in [0.29, 0.717) is 15.3 Å². The van der Waals surface area contributed by atoms with Crippen molar-refractivity contribution in [2.75, 3.05) is 6.54 Å². The number of carbonyl (C=O) groups is 1. The third kappa shape index (κ3) is 3.81. The van der Waals surface area contributed by atoms with Crippen molar-refractivity contribution in [3.63, 3.8) is 0 Å². The number of nitrogens with zero attached hydrogens (tertiary/aromatic N) is 5. The van der Waals surface area contributed by atoms with Crippen LogP contribution in [0.5, 0.6) is 0 Å². The fourth-order valence-electron chi connectivity index (χ4n) is 4.98. The summed E-state index contributed by atoms with van der Waals surface area (Å²) in [4.78, 5) is 17.2. The largest absolute Gasteiger partial charge is 0.346 e. The van der Waals surface area contributed by atoms with Gasteiger partial charge in [-0.2, -0.15) is 18.2 Å². The first-order valence-electron chi connectivity index (χ1n) is 12.0. The van der Waals surface area contributed by atoms with E-state index >= 15 is 0 Å². The van der Waals surface area contributed by atoms with E-state index in [9.17, 15) is 26.4 Å². The SMILES string of the molecule is Cc1c(S(=O)(=O)N2Cc3cn[nH]c3C(F)(F)C2)cc(C(=O)NCc2c(F)ccc3ncn(C4CC4)c23)n1C. The summed E-state index contributed by atoms with van der Waals surface area (Å²) < 4.78 is 74.9. The van der Waals surface area contributed by atoms with Crippen molar-refractivity contribution in [1.82, 2.24) is 33.9 Å². The molecule has 0 spiro atoms. The summed E-state index contributed by atoms with van der Waals surface area (Å²) in [7, 11) is -2.88. The molecule has 4 aromatic rings. The van der Waals surface area contributed by atoms with Crippen LogP contribution in [0.15, 0.2) is 35.6 Å². The Balaban J connectivity index is 1.28. The Morgan fingerprint density at radius 2 is 2.05 bits per heavy atom. The van der Waals surface area contributed by atoms with Crippen molar-refractivity contribution in [2.24, 2.45) is 7.05 Å². The minimum absolute atomic E-state index is 0.00266. The molecule has 0 unspecified atom stereocenters. The van der Waals surface area contributed by atoms with Crippen molar-refractivity contribution < 1.29 is 26.4 Å². The van der Waals surface area contributed by atoms with Crippen LogP contribution in [-0.2, 0) is 36.1 Å². The van der Waals surface area contributed by atoms with Gasteiger partial charge in [-0.25, -0.2) is 17.8 Å². The molecule has 0 saturated heterocycles. The molecule has 1 aromatic carbocycles. The number of imidazole rings is 1. The highest BCUT2D eigenvalue weighted by molar-refractivity contribution is 7.89. The van der Waals surface area contributed by atoms with Gasteiger partial charge in [-0.05, 0) is 38.0 Å². The standard InChI is InChI=1S/C24H24F3N7O3S/c1-13-20(38(36,37)33-10-14-8-30-31-22(14)24(26,27)11-33)7-19(32(13)2)23(35)28-9-16-17(25)5-6-18-21(16)34(12-29-18)15-3-4-15/h5-8,12,15H,3-4,9-11H2,1-2H3,(H,28,35)(H,30,31). The van der Waals surface area contributed by atoms with Crippen molar-refractivity contribution in [1.29, 1.82) is 0 Å². The highest BCUT2D eigenvalue weighted by Gasteiger charge is 2.46. The molecule has 0 radical (unpaired) electrons. The van der Waals surface area contributed by atoms with Gasteiger partial charge in [0.15, 0.2) is 0 Å². The molecule has 0 atom stereocenters. The fourth-order valence-corrected chi connectivity index (χ4v) is 6.67. The zero-order valence-corrected chi connectivity index (χ0v) is 21.3. The van der Waals surface area contributed by atoms with Gasteiger partial charge in [0.25, 0.3) is 5.91 Å². The number of rotatable bonds is 6. The Morgan fingerprint density at radius 1 is 1.29 bits per heavy atom. The molecule has 0 bridgehead atoms. The van der Waals surface area contributed by atoms with Gasteiger partial charge in [-0.3, -0.25) is 9.89 Å². The molecule has 6 rings (SSSR count). The number of alkyl halides is 2. The van der Waals surface area contributed by atoms with Crippen molar-refractivity contribution in [3.05, 3.63) is 64.7 Å². The lowest BCUT2D eigenvalue weighted by atomic mass is 10.1. The van der Waals surface area contributed by atoms with Gasteiger partial charge in [0.1, 0.15) is 22.1 Å². The summed E-state index contributed by atoms with van der Waals surface area (Å²) in [6.07, 6.45) is 4.79. The first-order chi connectivity index (χ1) is 18.0. The molecule has 10 nitrogen and oxygen atoms in total. The van der Waals surface area contributed by atoms with E-state index in [2.05, 4.69) is 20.5 Å². The Labute approximate surface area is 215 Å². The van der Waals surface area contributed by atoms with E-state index in [1.165, 1.54) is 30.8 Å². The number of fused-ring (bicyclic) bond motifs is 2. The summed E-state index contributed by atoms with van der Waals surface area (Å²) in [6, 6.07) is 4.29. The maximum atomic E-state index is 14.8. The molecule has 38 heavy (non-hydrogen) atoms. The fraction of sp³-hybridized carbons (Fsp3) is 0.375. The van der Waals surface area contributed by atoms with Gasteiger partial charge < -0.3 is 14.5 Å². The van der Waals surface area contributed by atoms with Gasteiger partial charge in [-0.1, -0.05) is 0 Å². The number of sulfonamides is 1. The van der Waals surface area contributed by atoms with E-state index in [4.69, 9.17) is 0 Å². The molecule has 4 heterocycles. The van der Waals surface area contributed by atoms with E-state index in [0.717, 1.165) is 18.9 Å². The van der Waals surface area contributed by atoms with E-state index in [-0.39, 0.29) is 46.5 Å². The summed E-state index contributed by atoms with van der Waals surface area (Å²) in [5.41, 5.74) is 1.39. The van der Waals surface area contributed by atoms with Crippen LogP contribution in [0, 0.1) is 12.7 Å². The maximum absolute atomic E-state index is 14.8. The summed E-state index contributed by atoms with van der Waals surface area (Å²) in [6.45, 7) is 0.00784. The Morgan fingerprint density at radius 3 is 2.79 bits per heavy atom. The number of aromatic nitrogens is 5. The topological polar surface area (TPSA) is 118 Å². The lowest BCUT2D eigenvalue weighted by molar-refractivity contribution is -0.0360. The molecule has 2 N–H and O–H groups in total. The minimum atomic E-state index is -4.38. The van der Waals surface area contributed by atoms with E-state index in [1.807, 2.05) is 4.57 Å². The third-order valence-electron chi connectivity index (χ3n) is 7.29. The van der Waals surface area contributed by atoms with Crippen LogP contribution in [0.2, 0.25) is 0 Å². The minimum Gasteiger partial charge on any atom is -0.346 e. The highest BCUT2D eigenvalue weighted by atomic mass is 32.2. The first-order valence-corrected chi connectivity index (χ1v) is 13.4. The third-order valence-corrected chi connectivity index (χ3v) is 9.20. The van der Waals surface area contributed by atoms with Crippen LogP contribution < -0.4 is 5.32 Å². The molecule has 2 aliphatic rings. The smallest absolute Gasteiger partial charge is 0.302 e. The Bertz CT molecular complexity index is 1700. The van der Waals surface area contributed by atoms with Gasteiger partial charge in [-0.15, -0.1) is 0 Å². The number of halogens is 3. The van der Waals surface area contributed by atoms with Gasteiger partial charge in [0, 0.05) is 43.0 Å². The zero-order valence-electron chi connectivity index (χ0n) is 20.5. The molecule has 1 saturated carbocycles. The second-order valence-electron chi connectivity index (χ2n) is 9.75. The summed E-state index contributed by atoms with van der Waals surface area (Å²) in [5, 5.41) is 8.54. The Kier molecular flexibility index (Phi) is 5.47. The van der Waals surface area contributed by atoms with Gasteiger partial charge in [0.05, 0.1) is 30.1 Å². The molecule has 1 fully saturated rings. The number of hydrogen-bond acceptors (Lipinski definition) is 5. The van der Waals surface area contributed by atoms with E-state index in [1.54, 1.807) is 12.4 Å². The second kappa shape index (κ2) is 8.43. The summed E-state index contributed by atoms with van der Waals surface area (Å²) >= 11 is 0. The van der Waals surface area contributed by atoms with E-state index < -0.39 is 39.9 Å². The van der Waals surface area contributed by atoms with Crippen LogP contribution >= 0.6 is 0 Å². The lowest BCUT2D eigenvalue weighted by Gasteiger charge is -2.31. The number of H-pyrrole nitrogens is 1. The van der Waals surface area contributed by atoms with Gasteiger partial charge >= 0.3 is 5.92 Å². The number of nitrogens with one attached hydrogen (secondary N) is 2. The van der Waals surface area contributed by atoms with Crippen LogP contribution in [0.3, 0.4) is 0 Å².